The number of rotatable bonds is 13. The third-order valence-electron chi connectivity index (χ3n) is 15.6. The van der Waals surface area contributed by atoms with Crippen molar-refractivity contribution in [2.45, 2.75) is 116 Å². The van der Waals surface area contributed by atoms with Crippen molar-refractivity contribution in [3.05, 3.63) is 98.5 Å². The fraction of sp³-hybridized carbons (Fsp3) is 0.500. The molecule has 5 atom stereocenters. The van der Waals surface area contributed by atoms with E-state index in [1.807, 2.05) is 13.0 Å². The molecule has 7 heterocycles. The van der Waals surface area contributed by atoms with Gasteiger partial charge in [-0.3, -0.25) is 19.2 Å². The average molecular weight is 1040 g/mol. The number of anilines is 2. The summed E-state index contributed by atoms with van der Waals surface area (Å²) in [5, 5.41) is 7.93. The number of pyridine rings is 1. The van der Waals surface area contributed by atoms with Crippen molar-refractivity contribution >= 4 is 85.0 Å². The first-order chi connectivity index (χ1) is 35.6. The number of carbonyl (C=O) groups is 4. The molecule has 5 aromatic rings. The lowest BCUT2D eigenvalue weighted by Crippen LogP contribution is -2.48. The van der Waals surface area contributed by atoms with E-state index in [0.717, 1.165) is 132 Å². The molecule has 4 fully saturated rings. The van der Waals surface area contributed by atoms with Gasteiger partial charge in [0.1, 0.15) is 11.6 Å². The minimum Gasteiger partial charge on any atom is -0.383 e. The fourth-order valence-electron chi connectivity index (χ4n) is 11.4. The summed E-state index contributed by atoms with van der Waals surface area (Å²) in [5.41, 5.74) is 18.8. The molecule has 0 bridgehead atoms. The van der Waals surface area contributed by atoms with Crippen LogP contribution in [0.3, 0.4) is 0 Å². The number of thiazole rings is 2. The zero-order chi connectivity index (χ0) is 52.2. The fourth-order valence-corrected chi connectivity index (χ4v) is 13.6. The molecule has 3 aromatic heterocycles. The Labute approximate surface area is 442 Å². The van der Waals surface area contributed by atoms with Gasteiger partial charge in [0.15, 0.2) is 0 Å². The number of aryl methyl sites for hydroxylation is 1. The first-order valence-corrected chi connectivity index (χ1v) is 28.1. The standard InChI is InChI=1S/C56H72N12O4S2/c1-7-36-26-42(29-60-50(36)58)62-52(70)56(72)68-31-34(3)11-15-46(68)38-12-16-47-43(27-38)63-53(73-47)37-19-23-66(24-20-37)21-8-9-40(49(57)59-5)25-35(4)61-51(69)55(71)67-30-33(2)10-14-45(67)39-13-17-48-44(28-39)64-54(74-48)41-18-22-65(6)32-41/h12-13,16-17,25-29,33-34,37,41,45-46H,5,7-11,14-15,18-24,30-32,57H2,1-4,6H3,(H2,58,60)(H,61,69)(H,62,70)/b35-25+,49-40-/t33-,34-,41?,45+,46+/m0/s1. The lowest BCUT2D eigenvalue weighted by atomic mass is 9.89. The summed E-state index contributed by atoms with van der Waals surface area (Å²) in [6.07, 6.45) is 12.0. The maximum absolute atomic E-state index is 14.0. The molecule has 74 heavy (non-hydrogen) atoms. The number of piperidine rings is 3. The Hall–Kier alpha value is -6.08. The number of aliphatic imine (C=N–C) groups is 1. The molecule has 0 spiro atoms. The molecule has 2 aromatic carbocycles. The van der Waals surface area contributed by atoms with E-state index in [1.54, 1.807) is 45.5 Å². The van der Waals surface area contributed by atoms with Crippen LogP contribution in [0.1, 0.15) is 136 Å². The van der Waals surface area contributed by atoms with Crippen LogP contribution in [0.5, 0.6) is 0 Å². The summed E-state index contributed by atoms with van der Waals surface area (Å²) in [7, 11) is 2.16. The Morgan fingerprint density at radius 2 is 1.38 bits per heavy atom. The molecule has 4 aliphatic rings. The molecule has 4 aliphatic heterocycles. The van der Waals surface area contributed by atoms with Gasteiger partial charge in [-0.05, 0) is 182 Å². The van der Waals surface area contributed by atoms with E-state index in [4.69, 9.17) is 21.4 Å². The number of hydrogen-bond acceptors (Lipinski definition) is 14. The maximum Gasteiger partial charge on any atom is 0.313 e. The van der Waals surface area contributed by atoms with Crippen molar-refractivity contribution in [3.8, 4) is 0 Å². The predicted molar refractivity (Wildman–Crippen MR) is 297 cm³/mol. The van der Waals surface area contributed by atoms with Gasteiger partial charge >= 0.3 is 23.6 Å². The van der Waals surface area contributed by atoms with Gasteiger partial charge in [0, 0.05) is 37.2 Å². The molecule has 0 aliphatic carbocycles. The maximum atomic E-state index is 14.0. The van der Waals surface area contributed by atoms with Crippen molar-refractivity contribution in [1.29, 1.82) is 0 Å². The Morgan fingerprint density at radius 1 is 0.797 bits per heavy atom. The molecule has 4 amide bonds. The number of allylic oxidation sites excluding steroid dienone is 3. The van der Waals surface area contributed by atoms with E-state index in [9.17, 15) is 19.2 Å². The highest BCUT2D eigenvalue weighted by Gasteiger charge is 2.37. The zero-order valence-corrected chi connectivity index (χ0v) is 45.2. The lowest BCUT2D eigenvalue weighted by molar-refractivity contribution is -0.148. The third-order valence-corrected chi connectivity index (χ3v) is 18.0. The summed E-state index contributed by atoms with van der Waals surface area (Å²) >= 11 is 3.50. The number of benzene rings is 2. The van der Waals surface area contributed by atoms with Crippen molar-refractivity contribution < 1.29 is 19.2 Å². The van der Waals surface area contributed by atoms with Crippen LogP contribution in [0.4, 0.5) is 11.5 Å². The zero-order valence-electron chi connectivity index (χ0n) is 43.6. The van der Waals surface area contributed by atoms with Gasteiger partial charge in [-0.1, -0.05) is 32.9 Å². The second kappa shape index (κ2) is 23.2. The van der Waals surface area contributed by atoms with Crippen LogP contribution in [-0.4, -0.2) is 118 Å². The number of hydrogen-bond donors (Lipinski definition) is 4. The van der Waals surface area contributed by atoms with Crippen LogP contribution in [-0.2, 0) is 25.6 Å². The Morgan fingerprint density at radius 3 is 1.95 bits per heavy atom. The van der Waals surface area contributed by atoms with E-state index in [1.165, 1.54) is 11.2 Å². The Bertz CT molecular complexity index is 2980. The minimum absolute atomic E-state index is 0.211. The van der Waals surface area contributed by atoms with Gasteiger partial charge in [0.05, 0.1) is 54.4 Å². The highest BCUT2D eigenvalue weighted by atomic mass is 32.1. The number of nitrogens with one attached hydrogen (secondary N) is 2. The lowest BCUT2D eigenvalue weighted by Gasteiger charge is -2.38. The van der Waals surface area contributed by atoms with Crippen molar-refractivity contribution in [2.75, 3.05) is 63.9 Å². The molecule has 4 saturated heterocycles. The van der Waals surface area contributed by atoms with Gasteiger partial charge in [-0.25, -0.2) is 19.9 Å². The Kier molecular flexibility index (Phi) is 16.6. The molecule has 0 saturated carbocycles. The molecular weight excluding hydrogens is 969 g/mol. The summed E-state index contributed by atoms with van der Waals surface area (Å²) in [4.78, 5) is 81.5. The second-order valence-corrected chi connectivity index (χ2v) is 23.4. The first-order valence-electron chi connectivity index (χ1n) is 26.5. The number of nitrogens with two attached hydrogens (primary N) is 2. The average Bonchev–Trinajstić information content (AvgIpc) is 4.16. The normalized spacial score (nSPS) is 22.8. The van der Waals surface area contributed by atoms with Crippen LogP contribution in [0.25, 0.3) is 20.4 Å². The van der Waals surface area contributed by atoms with Crippen LogP contribution in [0.15, 0.2) is 76.8 Å². The highest BCUT2D eigenvalue weighted by Crippen LogP contribution is 2.40. The second-order valence-electron chi connectivity index (χ2n) is 21.3. The molecule has 18 heteroatoms. The number of aromatic nitrogens is 3. The van der Waals surface area contributed by atoms with Gasteiger partial charge in [-0.2, -0.15) is 0 Å². The molecule has 1 unspecified atom stereocenters. The summed E-state index contributed by atoms with van der Waals surface area (Å²) in [5.74, 6) is -0.399. The van der Waals surface area contributed by atoms with Gasteiger partial charge < -0.3 is 41.7 Å². The largest absolute Gasteiger partial charge is 0.383 e. The van der Waals surface area contributed by atoms with Gasteiger partial charge in [0.25, 0.3) is 0 Å². The Balaban J connectivity index is 0.771. The molecule has 6 N–H and O–H groups in total. The summed E-state index contributed by atoms with van der Waals surface area (Å²) in [6, 6.07) is 14.0. The number of fused-ring (bicyclic) bond motifs is 2. The number of likely N-dealkylation sites (tertiary alicyclic amines) is 4. The van der Waals surface area contributed by atoms with E-state index >= 15 is 0 Å². The summed E-state index contributed by atoms with van der Waals surface area (Å²) in [6.45, 7) is 17.5. The van der Waals surface area contributed by atoms with Crippen molar-refractivity contribution in [3.63, 3.8) is 0 Å². The van der Waals surface area contributed by atoms with Crippen LogP contribution in [0, 0.1) is 11.8 Å². The number of amides is 4. The first kappa shape index (κ1) is 52.8. The third kappa shape index (κ3) is 12.0. The molecule has 0 radical (unpaired) electrons. The minimum atomic E-state index is -0.683. The monoisotopic (exact) mass is 1040 g/mol. The quantitative estimate of drug-likeness (QED) is 0.0498. The molecule has 392 valence electrons. The molecule has 9 rings (SSSR count). The smallest absolute Gasteiger partial charge is 0.313 e. The van der Waals surface area contributed by atoms with Crippen LogP contribution < -0.4 is 22.1 Å². The van der Waals surface area contributed by atoms with Gasteiger partial charge in [0.2, 0.25) is 0 Å². The predicted octanol–water partition coefficient (Wildman–Crippen LogP) is 8.65. The number of nitrogen functional groups attached to an aromatic ring is 1. The van der Waals surface area contributed by atoms with Gasteiger partial charge in [-0.15, -0.1) is 22.7 Å². The van der Waals surface area contributed by atoms with Crippen molar-refractivity contribution in [2.24, 2.45) is 22.6 Å². The molecule has 16 nitrogen and oxygen atoms in total. The van der Waals surface area contributed by atoms with Crippen LogP contribution in [0.2, 0.25) is 0 Å². The van der Waals surface area contributed by atoms with E-state index in [-0.39, 0.29) is 23.9 Å². The van der Waals surface area contributed by atoms with Crippen molar-refractivity contribution in [1.82, 2.24) is 39.9 Å². The van der Waals surface area contributed by atoms with E-state index < -0.39 is 23.6 Å². The number of nitrogens with zero attached hydrogens (tertiary/aromatic N) is 8. The summed E-state index contributed by atoms with van der Waals surface area (Å²) < 4.78 is 2.26. The van der Waals surface area contributed by atoms with Crippen LogP contribution >= 0.6 is 22.7 Å². The number of likely N-dealkylation sites (N-methyl/N-ethyl adjacent to an activating group) is 1. The molecular formula is C56H72N12O4S2. The topological polar surface area (TPSA) is 208 Å². The SMILES string of the molecule is C=N/C(N)=C(\C=C(/C)NC(=O)C(=O)N1C[C@@H](C)CC[C@@H]1c1ccc2sc(C3CCN(C)C3)nc2c1)CCCN1CCC(c2nc3cc([C@H]4CC[C@H](C)CN4C(=O)C(=O)Nc4cnc(N)c(CC)c4)ccc3s2)CC1. The highest BCUT2D eigenvalue weighted by molar-refractivity contribution is 7.19. The van der Waals surface area contributed by atoms with E-state index in [0.29, 0.717) is 60.8 Å². The van der Waals surface area contributed by atoms with E-state index in [2.05, 4.69) is 94.4 Å². The number of carbonyl (C=O) groups excluding carboxylic acids is 4.